The first-order valence-corrected chi connectivity index (χ1v) is 8.12. The van der Waals surface area contributed by atoms with Gasteiger partial charge in [0.1, 0.15) is 0 Å². The highest BCUT2D eigenvalue weighted by atomic mass is 19.3. The van der Waals surface area contributed by atoms with Crippen LogP contribution in [0.25, 0.3) is 0 Å². The van der Waals surface area contributed by atoms with Crippen molar-refractivity contribution in [3.8, 4) is 0 Å². The van der Waals surface area contributed by atoms with Gasteiger partial charge in [-0.2, -0.15) is 8.78 Å². The highest BCUT2D eigenvalue weighted by molar-refractivity contribution is 5.27. The molecule has 0 bridgehead atoms. The van der Waals surface area contributed by atoms with E-state index in [1.807, 2.05) is 75.4 Å². The van der Waals surface area contributed by atoms with E-state index in [2.05, 4.69) is 0 Å². The molecule has 0 saturated heterocycles. The van der Waals surface area contributed by atoms with Crippen molar-refractivity contribution in [3.05, 3.63) is 82.9 Å². The molecule has 0 spiro atoms. The van der Waals surface area contributed by atoms with E-state index in [1.54, 1.807) is 0 Å². The molecule has 0 radical (unpaired) electrons. The van der Waals surface area contributed by atoms with Crippen molar-refractivity contribution in [3.63, 3.8) is 0 Å². The second kappa shape index (κ2) is 8.05. The molecule has 2 aromatic carbocycles. The Morgan fingerprint density at radius 3 is 1.74 bits per heavy atom. The highest BCUT2D eigenvalue weighted by Gasteiger charge is 2.17. The van der Waals surface area contributed by atoms with Crippen LogP contribution < -0.4 is 0 Å². The van der Waals surface area contributed by atoms with E-state index in [1.165, 1.54) is 5.56 Å². The SMILES string of the molecule is Cc1ccc(C(C)CC(CC(C)c2ccccc2)=C(F)F)cc1. The molecule has 0 N–H and O–H groups in total. The van der Waals surface area contributed by atoms with Crippen molar-refractivity contribution in [1.82, 2.24) is 0 Å². The average Bonchev–Trinajstić information content (AvgIpc) is 2.55. The van der Waals surface area contributed by atoms with Gasteiger partial charge in [0.05, 0.1) is 0 Å². The Balaban J connectivity index is 2.07. The van der Waals surface area contributed by atoms with Gasteiger partial charge in [-0.1, -0.05) is 74.0 Å². The van der Waals surface area contributed by atoms with Crippen LogP contribution in [0.4, 0.5) is 8.78 Å². The minimum Gasteiger partial charge on any atom is -0.173 e. The van der Waals surface area contributed by atoms with E-state index in [4.69, 9.17) is 0 Å². The van der Waals surface area contributed by atoms with E-state index in [0.717, 1.165) is 11.1 Å². The van der Waals surface area contributed by atoms with Gasteiger partial charge in [0.25, 0.3) is 6.08 Å². The smallest absolute Gasteiger partial charge is 0.173 e. The van der Waals surface area contributed by atoms with E-state index >= 15 is 0 Å². The van der Waals surface area contributed by atoms with Gasteiger partial charge in [-0.25, -0.2) is 0 Å². The van der Waals surface area contributed by atoms with Gasteiger partial charge in [0.2, 0.25) is 0 Å². The minimum absolute atomic E-state index is 0.0927. The Kier molecular flexibility index (Phi) is 6.09. The molecule has 0 heterocycles. The summed E-state index contributed by atoms with van der Waals surface area (Å²) in [6, 6.07) is 18.0. The molecular weight excluding hydrogens is 290 g/mol. The first-order valence-electron chi connectivity index (χ1n) is 8.12. The van der Waals surface area contributed by atoms with Crippen LogP contribution in [0, 0.1) is 6.92 Å². The van der Waals surface area contributed by atoms with Crippen LogP contribution in [0.5, 0.6) is 0 Å². The predicted octanol–water partition coefficient (Wildman–Crippen LogP) is 6.83. The van der Waals surface area contributed by atoms with Crippen LogP contribution in [0.1, 0.15) is 55.2 Å². The molecule has 0 fully saturated rings. The quantitative estimate of drug-likeness (QED) is 0.548. The van der Waals surface area contributed by atoms with Crippen LogP contribution in [0.3, 0.4) is 0 Å². The van der Waals surface area contributed by atoms with Gasteiger partial charge in [0, 0.05) is 0 Å². The van der Waals surface area contributed by atoms with Crippen LogP contribution in [0.15, 0.2) is 66.3 Å². The molecule has 23 heavy (non-hydrogen) atoms. The lowest BCUT2D eigenvalue weighted by Gasteiger charge is -2.18. The molecule has 0 aliphatic carbocycles. The third kappa shape index (κ3) is 5.02. The Bertz CT molecular complexity index is 637. The van der Waals surface area contributed by atoms with E-state index in [0.29, 0.717) is 12.8 Å². The lowest BCUT2D eigenvalue weighted by atomic mass is 9.87. The molecule has 122 valence electrons. The molecule has 0 amide bonds. The van der Waals surface area contributed by atoms with E-state index in [9.17, 15) is 8.78 Å². The topological polar surface area (TPSA) is 0 Å². The molecule has 0 aliphatic heterocycles. The largest absolute Gasteiger partial charge is 0.269 e. The summed E-state index contributed by atoms with van der Waals surface area (Å²) in [4.78, 5) is 0. The second-order valence-electron chi connectivity index (χ2n) is 6.40. The first-order chi connectivity index (χ1) is 11.0. The summed E-state index contributed by atoms with van der Waals surface area (Å²) in [5.41, 5.74) is 3.68. The summed E-state index contributed by atoms with van der Waals surface area (Å²) in [6.45, 7) is 6.05. The molecule has 2 heteroatoms. The zero-order valence-corrected chi connectivity index (χ0v) is 14.0. The van der Waals surface area contributed by atoms with E-state index in [-0.39, 0.29) is 17.4 Å². The fourth-order valence-electron chi connectivity index (χ4n) is 2.89. The number of rotatable bonds is 6. The van der Waals surface area contributed by atoms with Crippen molar-refractivity contribution in [2.24, 2.45) is 0 Å². The highest BCUT2D eigenvalue weighted by Crippen LogP contribution is 2.32. The molecule has 0 aliphatic rings. The molecule has 2 atom stereocenters. The minimum atomic E-state index is -1.52. The summed E-state index contributed by atoms with van der Waals surface area (Å²) in [5.74, 6) is 0.188. The molecule has 0 aromatic heterocycles. The second-order valence-corrected chi connectivity index (χ2v) is 6.40. The summed E-state index contributed by atoms with van der Waals surface area (Å²) in [6.07, 6.45) is -0.711. The maximum Gasteiger partial charge on any atom is 0.269 e. The van der Waals surface area contributed by atoms with Gasteiger partial charge >= 0.3 is 0 Å². The molecule has 2 unspecified atom stereocenters. The van der Waals surface area contributed by atoms with Crippen molar-refractivity contribution >= 4 is 0 Å². The van der Waals surface area contributed by atoms with Gasteiger partial charge in [-0.15, -0.1) is 0 Å². The van der Waals surface area contributed by atoms with Crippen molar-refractivity contribution in [2.45, 2.75) is 45.4 Å². The third-order valence-electron chi connectivity index (χ3n) is 4.39. The average molecular weight is 314 g/mol. The summed E-state index contributed by atoms with van der Waals surface area (Å²) in [7, 11) is 0. The van der Waals surface area contributed by atoms with Crippen LogP contribution in [0.2, 0.25) is 0 Å². The van der Waals surface area contributed by atoms with Crippen LogP contribution >= 0.6 is 0 Å². The number of allylic oxidation sites excluding steroid dienone is 1. The van der Waals surface area contributed by atoms with E-state index < -0.39 is 6.08 Å². The molecule has 0 saturated carbocycles. The lowest BCUT2D eigenvalue weighted by molar-refractivity contribution is 0.398. The summed E-state index contributed by atoms with van der Waals surface area (Å²) >= 11 is 0. The maximum atomic E-state index is 13.4. The number of halogens is 2. The molecule has 2 rings (SSSR count). The monoisotopic (exact) mass is 314 g/mol. The zero-order chi connectivity index (χ0) is 16.8. The predicted molar refractivity (Wildman–Crippen MR) is 92.9 cm³/mol. The van der Waals surface area contributed by atoms with Crippen LogP contribution in [-0.2, 0) is 0 Å². The standard InChI is InChI=1S/C21H24F2/c1-15-9-11-19(12-10-15)17(3)14-20(21(22)23)13-16(2)18-7-5-4-6-8-18/h4-12,16-17H,13-14H2,1-3H3. The summed E-state index contributed by atoms with van der Waals surface area (Å²) < 4.78 is 26.8. The van der Waals surface area contributed by atoms with Crippen molar-refractivity contribution in [1.29, 1.82) is 0 Å². The lowest BCUT2D eigenvalue weighted by Crippen LogP contribution is -2.02. The number of hydrogen-bond donors (Lipinski definition) is 0. The third-order valence-corrected chi connectivity index (χ3v) is 4.39. The first kappa shape index (κ1) is 17.4. The fourth-order valence-corrected chi connectivity index (χ4v) is 2.89. The van der Waals surface area contributed by atoms with Crippen molar-refractivity contribution < 1.29 is 8.78 Å². The number of aryl methyl sites for hydroxylation is 1. The molecule has 0 nitrogen and oxygen atoms in total. The zero-order valence-electron chi connectivity index (χ0n) is 14.0. The molecular formula is C21H24F2. The van der Waals surface area contributed by atoms with Crippen LogP contribution in [-0.4, -0.2) is 0 Å². The Labute approximate surface area is 137 Å². The van der Waals surface area contributed by atoms with Gasteiger partial charge < -0.3 is 0 Å². The Morgan fingerprint density at radius 1 is 0.783 bits per heavy atom. The van der Waals surface area contributed by atoms with Crippen molar-refractivity contribution in [2.75, 3.05) is 0 Å². The normalized spacial score (nSPS) is 13.4. The van der Waals surface area contributed by atoms with Gasteiger partial charge in [-0.05, 0) is 48.3 Å². The summed E-state index contributed by atoms with van der Waals surface area (Å²) in [5, 5.41) is 0. The van der Waals surface area contributed by atoms with Gasteiger partial charge in [-0.3, -0.25) is 0 Å². The fraction of sp³-hybridized carbons (Fsp3) is 0.333. The molecule has 2 aromatic rings. The number of benzene rings is 2. The maximum absolute atomic E-state index is 13.4. The van der Waals surface area contributed by atoms with Gasteiger partial charge in [0.15, 0.2) is 0 Å². The Morgan fingerprint density at radius 2 is 1.26 bits per heavy atom. The number of hydrogen-bond acceptors (Lipinski definition) is 0. The Hall–Kier alpha value is -1.96.